The minimum atomic E-state index is -0.595. The van der Waals surface area contributed by atoms with Crippen LogP contribution in [-0.4, -0.2) is 23.1 Å². The molecule has 0 unspecified atom stereocenters. The second-order valence-corrected chi connectivity index (χ2v) is 3.67. The summed E-state index contributed by atoms with van der Waals surface area (Å²) in [5, 5.41) is 3.01. The summed E-state index contributed by atoms with van der Waals surface area (Å²) in [6.07, 6.45) is 3.38. The van der Waals surface area contributed by atoms with Crippen LogP contribution in [-0.2, 0) is 6.54 Å². The summed E-state index contributed by atoms with van der Waals surface area (Å²) >= 11 is 0. The SMILES string of the molecule is CNCCn1ccnc1-c1ccc(F)cc1F. The standard InChI is InChI=1S/C12H13F2N3/c1-15-4-6-17-7-5-16-12(17)10-3-2-9(13)8-11(10)14/h2-3,5,7-8,15H,4,6H2,1H3. The lowest BCUT2D eigenvalue weighted by Gasteiger charge is -2.08. The fraction of sp³-hybridized carbons (Fsp3) is 0.250. The Bertz CT molecular complexity index is 508. The van der Waals surface area contributed by atoms with E-state index in [-0.39, 0.29) is 0 Å². The van der Waals surface area contributed by atoms with Crippen molar-refractivity contribution in [3.05, 3.63) is 42.2 Å². The Morgan fingerprint density at radius 1 is 1.35 bits per heavy atom. The molecule has 2 rings (SSSR count). The van der Waals surface area contributed by atoms with Gasteiger partial charge in [0, 0.05) is 31.5 Å². The number of nitrogens with one attached hydrogen (secondary N) is 1. The number of aromatic nitrogens is 2. The van der Waals surface area contributed by atoms with Crippen LogP contribution < -0.4 is 5.32 Å². The Kier molecular flexibility index (Phi) is 3.49. The van der Waals surface area contributed by atoms with Crippen LogP contribution in [0.15, 0.2) is 30.6 Å². The molecule has 1 N–H and O–H groups in total. The number of imidazole rings is 1. The number of nitrogens with zero attached hydrogens (tertiary/aromatic N) is 2. The largest absolute Gasteiger partial charge is 0.330 e. The lowest BCUT2D eigenvalue weighted by Crippen LogP contribution is -2.15. The zero-order valence-corrected chi connectivity index (χ0v) is 9.45. The maximum atomic E-state index is 13.6. The predicted octanol–water partition coefficient (Wildman–Crippen LogP) is 2.05. The van der Waals surface area contributed by atoms with E-state index in [1.165, 1.54) is 12.1 Å². The summed E-state index contributed by atoms with van der Waals surface area (Å²) in [7, 11) is 1.84. The van der Waals surface area contributed by atoms with Crippen molar-refractivity contribution >= 4 is 0 Å². The van der Waals surface area contributed by atoms with E-state index in [0.717, 1.165) is 12.6 Å². The molecule has 0 spiro atoms. The van der Waals surface area contributed by atoms with Crippen LogP contribution in [0, 0.1) is 11.6 Å². The quantitative estimate of drug-likeness (QED) is 0.882. The van der Waals surface area contributed by atoms with E-state index in [4.69, 9.17) is 0 Å². The maximum absolute atomic E-state index is 13.6. The Labute approximate surface area is 98.1 Å². The van der Waals surface area contributed by atoms with Crippen LogP contribution in [0.5, 0.6) is 0 Å². The fourth-order valence-electron chi connectivity index (χ4n) is 1.64. The number of halogens is 2. The molecule has 3 nitrogen and oxygen atoms in total. The first-order valence-electron chi connectivity index (χ1n) is 5.33. The van der Waals surface area contributed by atoms with Crippen molar-refractivity contribution < 1.29 is 8.78 Å². The van der Waals surface area contributed by atoms with Crippen molar-refractivity contribution in [1.29, 1.82) is 0 Å². The summed E-state index contributed by atoms with van der Waals surface area (Å²) in [4.78, 5) is 4.10. The highest BCUT2D eigenvalue weighted by Crippen LogP contribution is 2.21. The van der Waals surface area contributed by atoms with Gasteiger partial charge in [0.05, 0.1) is 5.56 Å². The van der Waals surface area contributed by atoms with E-state index in [1.807, 2.05) is 11.6 Å². The van der Waals surface area contributed by atoms with Gasteiger partial charge in [0.1, 0.15) is 17.5 Å². The predicted molar refractivity (Wildman–Crippen MR) is 61.5 cm³/mol. The zero-order valence-electron chi connectivity index (χ0n) is 9.45. The first-order valence-corrected chi connectivity index (χ1v) is 5.33. The van der Waals surface area contributed by atoms with Crippen LogP contribution >= 0.6 is 0 Å². The van der Waals surface area contributed by atoms with Crippen LogP contribution in [0.3, 0.4) is 0 Å². The van der Waals surface area contributed by atoms with Gasteiger partial charge in [-0.05, 0) is 19.2 Å². The summed E-state index contributed by atoms with van der Waals surface area (Å²) in [5.41, 5.74) is 0.313. The average Bonchev–Trinajstić information content (AvgIpc) is 2.74. The molecular weight excluding hydrogens is 224 g/mol. The van der Waals surface area contributed by atoms with Gasteiger partial charge >= 0.3 is 0 Å². The summed E-state index contributed by atoms with van der Waals surface area (Å²) < 4.78 is 28.2. The van der Waals surface area contributed by atoms with E-state index in [2.05, 4.69) is 10.3 Å². The molecule has 0 fully saturated rings. The molecule has 0 saturated carbocycles. The van der Waals surface area contributed by atoms with Crippen LogP contribution in [0.4, 0.5) is 8.78 Å². The number of benzene rings is 1. The molecule has 0 radical (unpaired) electrons. The Hall–Kier alpha value is -1.75. The summed E-state index contributed by atoms with van der Waals surface area (Å²) in [5.74, 6) is -0.667. The second-order valence-electron chi connectivity index (χ2n) is 3.67. The summed E-state index contributed by atoms with van der Waals surface area (Å²) in [6.45, 7) is 1.44. The number of hydrogen-bond donors (Lipinski definition) is 1. The van der Waals surface area contributed by atoms with E-state index in [9.17, 15) is 8.78 Å². The van der Waals surface area contributed by atoms with Crippen molar-refractivity contribution in [2.45, 2.75) is 6.54 Å². The molecule has 1 heterocycles. The molecule has 90 valence electrons. The van der Waals surface area contributed by atoms with Crippen LogP contribution in [0.2, 0.25) is 0 Å². The Balaban J connectivity index is 2.35. The minimum absolute atomic E-state index is 0.313. The highest BCUT2D eigenvalue weighted by Gasteiger charge is 2.11. The molecule has 0 bridgehead atoms. The van der Waals surface area contributed by atoms with Gasteiger partial charge in [0.25, 0.3) is 0 Å². The van der Waals surface area contributed by atoms with E-state index >= 15 is 0 Å². The first kappa shape index (κ1) is 11.7. The third-order valence-corrected chi connectivity index (χ3v) is 2.49. The smallest absolute Gasteiger partial charge is 0.142 e. The molecule has 1 aromatic carbocycles. The van der Waals surface area contributed by atoms with E-state index in [1.54, 1.807) is 12.4 Å². The van der Waals surface area contributed by atoms with Gasteiger partial charge in [-0.3, -0.25) is 0 Å². The molecule has 0 aliphatic heterocycles. The molecular formula is C12H13F2N3. The maximum Gasteiger partial charge on any atom is 0.142 e. The van der Waals surface area contributed by atoms with Crippen LogP contribution in [0.25, 0.3) is 11.4 Å². The van der Waals surface area contributed by atoms with Gasteiger partial charge in [-0.1, -0.05) is 0 Å². The van der Waals surface area contributed by atoms with Gasteiger partial charge < -0.3 is 9.88 Å². The minimum Gasteiger partial charge on any atom is -0.330 e. The molecule has 5 heteroatoms. The molecule has 17 heavy (non-hydrogen) atoms. The normalized spacial score (nSPS) is 10.8. The highest BCUT2D eigenvalue weighted by molar-refractivity contribution is 5.56. The van der Waals surface area contributed by atoms with Gasteiger partial charge in [0.15, 0.2) is 0 Å². The van der Waals surface area contributed by atoms with E-state index < -0.39 is 11.6 Å². The van der Waals surface area contributed by atoms with Gasteiger partial charge in [0.2, 0.25) is 0 Å². The number of likely N-dealkylation sites (N-methyl/N-ethyl adjacent to an activating group) is 1. The fourth-order valence-corrected chi connectivity index (χ4v) is 1.64. The van der Waals surface area contributed by atoms with Crippen LogP contribution in [0.1, 0.15) is 0 Å². The van der Waals surface area contributed by atoms with Crippen molar-refractivity contribution in [2.75, 3.05) is 13.6 Å². The Morgan fingerprint density at radius 2 is 2.18 bits per heavy atom. The summed E-state index contributed by atoms with van der Waals surface area (Å²) in [6, 6.07) is 3.50. The molecule has 1 aromatic heterocycles. The third-order valence-electron chi connectivity index (χ3n) is 2.49. The number of rotatable bonds is 4. The molecule has 0 saturated heterocycles. The van der Waals surface area contributed by atoms with Crippen molar-refractivity contribution in [3.63, 3.8) is 0 Å². The third kappa shape index (κ3) is 2.50. The molecule has 0 aliphatic rings. The molecule has 2 aromatic rings. The second kappa shape index (κ2) is 5.05. The van der Waals surface area contributed by atoms with Crippen molar-refractivity contribution in [1.82, 2.24) is 14.9 Å². The first-order chi connectivity index (χ1) is 8.22. The molecule has 0 aliphatic carbocycles. The lowest BCUT2D eigenvalue weighted by molar-refractivity contribution is 0.582. The Morgan fingerprint density at radius 3 is 2.88 bits per heavy atom. The van der Waals surface area contributed by atoms with Gasteiger partial charge in [-0.2, -0.15) is 0 Å². The number of hydrogen-bond acceptors (Lipinski definition) is 2. The molecule has 0 atom stereocenters. The highest BCUT2D eigenvalue weighted by atomic mass is 19.1. The molecule has 0 amide bonds. The lowest BCUT2D eigenvalue weighted by atomic mass is 10.2. The van der Waals surface area contributed by atoms with Crippen molar-refractivity contribution in [2.24, 2.45) is 0 Å². The van der Waals surface area contributed by atoms with Gasteiger partial charge in [-0.15, -0.1) is 0 Å². The average molecular weight is 237 g/mol. The van der Waals surface area contributed by atoms with E-state index in [0.29, 0.717) is 17.9 Å². The van der Waals surface area contributed by atoms with Crippen molar-refractivity contribution in [3.8, 4) is 11.4 Å². The monoisotopic (exact) mass is 237 g/mol. The van der Waals surface area contributed by atoms with Gasteiger partial charge in [-0.25, -0.2) is 13.8 Å². The zero-order chi connectivity index (χ0) is 12.3. The topological polar surface area (TPSA) is 29.9 Å².